The topological polar surface area (TPSA) is 94.7 Å². The van der Waals surface area contributed by atoms with Gasteiger partial charge in [0.05, 0.1) is 48.7 Å². The number of hydrogen-bond donors (Lipinski definition) is 1. The Bertz CT molecular complexity index is 1520. The Kier molecular flexibility index (Phi) is 6.73. The lowest BCUT2D eigenvalue weighted by Crippen LogP contribution is -2.29. The minimum Gasteiger partial charge on any atom is -0.497 e. The van der Waals surface area contributed by atoms with E-state index in [0.717, 1.165) is 39.8 Å². The fourth-order valence-electron chi connectivity index (χ4n) is 5.13. The lowest BCUT2D eigenvalue weighted by atomic mass is 9.96. The maximum Gasteiger partial charge on any atom is 0.273 e. The van der Waals surface area contributed by atoms with E-state index in [1.165, 1.54) is 19.2 Å². The van der Waals surface area contributed by atoms with Gasteiger partial charge in [-0.15, -0.1) is 0 Å². The molecule has 1 aliphatic rings. The third kappa shape index (κ3) is 4.32. The minimum absolute atomic E-state index is 0.0296. The number of rotatable bonds is 7. The summed E-state index contributed by atoms with van der Waals surface area (Å²) in [5, 5.41) is 15.4. The summed E-state index contributed by atoms with van der Waals surface area (Å²) in [6, 6.07) is 20.0. The lowest BCUT2D eigenvalue weighted by molar-refractivity contribution is -0.384. The number of nitro groups is 1. The van der Waals surface area contributed by atoms with Crippen molar-refractivity contribution in [3.05, 3.63) is 106 Å². The van der Waals surface area contributed by atoms with Crippen molar-refractivity contribution in [1.29, 1.82) is 0 Å². The van der Waals surface area contributed by atoms with Gasteiger partial charge in [-0.25, -0.2) is 0 Å². The maximum absolute atomic E-state index is 11.4. The van der Waals surface area contributed by atoms with Crippen LogP contribution in [0.1, 0.15) is 34.7 Å². The number of thiocarbonyl (C=S) groups is 1. The number of anilines is 1. The second-order valence-corrected chi connectivity index (χ2v) is 9.36. The number of nitro benzene ring substituents is 1. The second kappa shape index (κ2) is 10.1. The van der Waals surface area contributed by atoms with Crippen molar-refractivity contribution in [3.63, 3.8) is 0 Å². The van der Waals surface area contributed by atoms with Gasteiger partial charge in [0.2, 0.25) is 0 Å². The largest absolute Gasteiger partial charge is 0.497 e. The molecule has 0 bridgehead atoms. The Labute approximate surface area is 225 Å². The number of methoxy groups -OCH3 is 2. The van der Waals surface area contributed by atoms with Gasteiger partial charge in [0, 0.05) is 35.4 Å². The molecule has 1 aliphatic heterocycles. The van der Waals surface area contributed by atoms with Gasteiger partial charge in [-0.1, -0.05) is 12.1 Å². The fraction of sp³-hybridized carbons (Fsp3) is 0.214. The highest BCUT2D eigenvalue weighted by Crippen LogP contribution is 2.44. The van der Waals surface area contributed by atoms with E-state index in [-0.39, 0.29) is 17.8 Å². The average molecular weight is 530 g/mol. The molecule has 5 rings (SSSR count). The van der Waals surface area contributed by atoms with E-state index in [9.17, 15) is 10.1 Å². The van der Waals surface area contributed by atoms with Crippen LogP contribution in [0.15, 0.2) is 72.9 Å². The number of aryl methyl sites for hydroxylation is 1. The van der Waals surface area contributed by atoms with Crippen LogP contribution in [-0.4, -0.2) is 33.8 Å². The van der Waals surface area contributed by atoms with Crippen molar-refractivity contribution in [2.75, 3.05) is 19.1 Å². The molecule has 0 amide bonds. The molecule has 0 aliphatic carbocycles. The number of aromatic nitrogens is 2. The zero-order valence-corrected chi connectivity index (χ0v) is 22.2. The number of nitrogens with one attached hydrogen (secondary N) is 1. The van der Waals surface area contributed by atoms with Gasteiger partial charge in [-0.2, -0.15) is 0 Å². The average Bonchev–Trinajstić information content (AvgIpc) is 3.43. The third-order valence-corrected chi connectivity index (χ3v) is 7.15. The summed E-state index contributed by atoms with van der Waals surface area (Å²) in [4.78, 5) is 17.7. The van der Waals surface area contributed by atoms with Crippen molar-refractivity contribution in [2.24, 2.45) is 0 Å². The Morgan fingerprint density at radius 1 is 1.03 bits per heavy atom. The van der Waals surface area contributed by atoms with E-state index in [4.69, 9.17) is 21.7 Å². The van der Waals surface area contributed by atoms with Gasteiger partial charge < -0.3 is 24.3 Å². The number of hydrogen-bond acceptors (Lipinski definition) is 6. The molecule has 2 atom stereocenters. The summed E-state index contributed by atoms with van der Waals surface area (Å²) < 4.78 is 13.1. The molecule has 10 heteroatoms. The normalized spacial score (nSPS) is 16.8. The molecule has 3 heterocycles. The highest BCUT2D eigenvalue weighted by Gasteiger charge is 2.42. The highest BCUT2D eigenvalue weighted by molar-refractivity contribution is 7.80. The van der Waals surface area contributed by atoms with E-state index in [1.54, 1.807) is 19.4 Å². The van der Waals surface area contributed by atoms with E-state index in [0.29, 0.717) is 10.9 Å². The SMILES string of the molecule is COc1cccc(N2C(=S)N[C@@H](c3ccccn3)[C@@H]2c2cc(C)n(-c3ccc([N+](=O)[O-])cc3OC)c2C)c1. The predicted molar refractivity (Wildman–Crippen MR) is 149 cm³/mol. The van der Waals surface area contributed by atoms with Gasteiger partial charge in [0.1, 0.15) is 11.5 Å². The first-order chi connectivity index (χ1) is 18.3. The first-order valence-electron chi connectivity index (χ1n) is 12.0. The first kappa shape index (κ1) is 25.2. The number of pyridine rings is 1. The van der Waals surface area contributed by atoms with E-state index in [2.05, 4.69) is 25.8 Å². The second-order valence-electron chi connectivity index (χ2n) is 8.97. The Balaban J connectivity index is 1.69. The smallest absolute Gasteiger partial charge is 0.273 e. The third-order valence-electron chi connectivity index (χ3n) is 6.83. The quantitative estimate of drug-likeness (QED) is 0.188. The number of nitrogens with zero attached hydrogens (tertiary/aromatic N) is 4. The standard InChI is InChI=1S/C28H27N5O4S/c1-17-14-22(18(2)31(17)24-12-11-20(33(34)35)16-25(24)37-4)27-26(23-10-5-6-13-29-23)30-28(38)32(27)19-8-7-9-21(15-19)36-3/h5-16,26-27H,1-4H3,(H,30,38)/t26-,27-/m0/s1. The van der Waals surface area contributed by atoms with Crippen molar-refractivity contribution >= 4 is 28.7 Å². The van der Waals surface area contributed by atoms with Gasteiger partial charge in [0.25, 0.3) is 5.69 Å². The molecule has 1 saturated heterocycles. The molecule has 2 aromatic heterocycles. The zero-order valence-electron chi connectivity index (χ0n) is 21.4. The van der Waals surface area contributed by atoms with Gasteiger partial charge in [0.15, 0.2) is 5.11 Å². The van der Waals surface area contributed by atoms with Crippen LogP contribution >= 0.6 is 12.2 Å². The molecule has 38 heavy (non-hydrogen) atoms. The van der Waals surface area contributed by atoms with Crippen LogP contribution in [0, 0.1) is 24.0 Å². The van der Waals surface area contributed by atoms with Crippen LogP contribution in [0.4, 0.5) is 11.4 Å². The number of ether oxygens (including phenoxy) is 2. The molecule has 1 fully saturated rings. The summed E-state index contributed by atoms with van der Waals surface area (Å²) in [5.74, 6) is 1.14. The summed E-state index contributed by atoms with van der Waals surface area (Å²) in [6.07, 6.45) is 1.77. The fourth-order valence-corrected chi connectivity index (χ4v) is 5.48. The first-order valence-corrected chi connectivity index (χ1v) is 12.4. The highest BCUT2D eigenvalue weighted by atomic mass is 32.1. The van der Waals surface area contributed by atoms with Crippen molar-refractivity contribution in [3.8, 4) is 17.2 Å². The monoisotopic (exact) mass is 529 g/mol. The Morgan fingerprint density at radius 3 is 2.53 bits per heavy atom. The Morgan fingerprint density at radius 2 is 1.84 bits per heavy atom. The molecule has 2 aromatic carbocycles. The van der Waals surface area contributed by atoms with E-state index >= 15 is 0 Å². The molecular weight excluding hydrogens is 502 g/mol. The molecule has 0 saturated carbocycles. The van der Waals surface area contributed by atoms with Crippen LogP contribution in [0.25, 0.3) is 5.69 Å². The number of non-ortho nitro benzene ring substituents is 1. The van der Waals surface area contributed by atoms with Crippen LogP contribution in [-0.2, 0) is 0 Å². The molecule has 9 nitrogen and oxygen atoms in total. The van der Waals surface area contributed by atoms with Gasteiger partial charge in [-0.3, -0.25) is 15.1 Å². The summed E-state index contributed by atoms with van der Waals surface area (Å²) in [7, 11) is 3.15. The molecule has 4 aromatic rings. The molecular formula is C28H27N5O4S. The molecule has 0 radical (unpaired) electrons. The predicted octanol–water partition coefficient (Wildman–Crippen LogP) is 5.59. The molecule has 0 unspecified atom stereocenters. The van der Waals surface area contributed by atoms with Gasteiger partial charge >= 0.3 is 0 Å². The lowest BCUT2D eigenvalue weighted by Gasteiger charge is -2.28. The summed E-state index contributed by atoms with van der Waals surface area (Å²) in [6.45, 7) is 4.04. The maximum atomic E-state index is 11.4. The summed E-state index contributed by atoms with van der Waals surface area (Å²) >= 11 is 5.87. The van der Waals surface area contributed by atoms with Crippen molar-refractivity contribution in [1.82, 2.24) is 14.9 Å². The molecule has 194 valence electrons. The van der Waals surface area contributed by atoms with Crippen LogP contribution in [0.5, 0.6) is 11.5 Å². The van der Waals surface area contributed by atoms with Crippen molar-refractivity contribution in [2.45, 2.75) is 25.9 Å². The minimum atomic E-state index is -0.429. The van der Waals surface area contributed by atoms with Crippen LogP contribution < -0.4 is 19.7 Å². The van der Waals surface area contributed by atoms with Gasteiger partial charge in [-0.05, 0) is 68.0 Å². The zero-order chi connectivity index (χ0) is 27.0. The molecule has 0 spiro atoms. The summed E-state index contributed by atoms with van der Waals surface area (Å²) in [5.41, 5.74) is 5.39. The Hall–Kier alpha value is -4.44. The molecule has 1 N–H and O–H groups in total. The van der Waals surface area contributed by atoms with Crippen molar-refractivity contribution < 1.29 is 14.4 Å². The van der Waals surface area contributed by atoms with Crippen LogP contribution in [0.2, 0.25) is 0 Å². The number of benzene rings is 2. The van der Waals surface area contributed by atoms with E-state index in [1.807, 2.05) is 56.3 Å². The van der Waals surface area contributed by atoms with Crippen LogP contribution in [0.3, 0.4) is 0 Å². The van der Waals surface area contributed by atoms with E-state index < -0.39 is 4.92 Å².